The van der Waals surface area contributed by atoms with Gasteiger partial charge in [-0.3, -0.25) is 4.79 Å². The van der Waals surface area contributed by atoms with E-state index in [2.05, 4.69) is 12.1 Å². The summed E-state index contributed by atoms with van der Waals surface area (Å²) in [6.45, 7) is 1.65. The minimum Gasteiger partial charge on any atom is -0.483 e. The fraction of sp³-hybridized carbons (Fsp3) is 0.321. The molecule has 3 aromatic carbocycles. The summed E-state index contributed by atoms with van der Waals surface area (Å²) in [6, 6.07) is 20.2. The summed E-state index contributed by atoms with van der Waals surface area (Å²) in [4.78, 5) is 14.6. The van der Waals surface area contributed by atoms with Crippen LogP contribution >= 0.6 is 0 Å². The number of benzene rings is 3. The lowest BCUT2D eigenvalue weighted by molar-refractivity contribution is -0.134. The number of piperidine rings is 1. The number of ether oxygens (including phenoxy) is 3. The Labute approximate surface area is 199 Å². The normalized spacial score (nSPS) is 15.4. The van der Waals surface area contributed by atoms with Crippen LogP contribution in [0.15, 0.2) is 66.7 Å². The van der Waals surface area contributed by atoms with Gasteiger partial charge in [0, 0.05) is 24.7 Å². The Kier molecular flexibility index (Phi) is 6.65. The third-order valence-electron chi connectivity index (χ3n) is 6.63. The van der Waals surface area contributed by atoms with Crippen molar-refractivity contribution in [3.05, 3.63) is 78.1 Å². The smallest absolute Gasteiger partial charge is 0.260 e. The van der Waals surface area contributed by atoms with Crippen molar-refractivity contribution in [3.63, 3.8) is 0 Å². The van der Waals surface area contributed by atoms with Crippen LogP contribution in [0.25, 0.3) is 11.1 Å². The molecule has 0 aromatic heterocycles. The molecular formula is C28H28FNO4. The standard InChI is InChI=1S/C28H28FNO4/c29-23-9-10-24(22-4-2-1-3-5-22)26(17-23)32-18-28(31)30-14-12-20(13-15-30)6-7-21-8-11-25-27(16-21)34-19-33-25/h1-5,8-11,16-17,20H,6-7,12-15,18-19H2. The summed E-state index contributed by atoms with van der Waals surface area (Å²) in [6.07, 6.45) is 4.03. The van der Waals surface area contributed by atoms with Gasteiger partial charge >= 0.3 is 0 Å². The van der Waals surface area contributed by atoms with Gasteiger partial charge in [0.15, 0.2) is 18.1 Å². The Morgan fingerprint density at radius 3 is 2.59 bits per heavy atom. The number of carbonyl (C=O) groups excluding carboxylic acids is 1. The Morgan fingerprint density at radius 1 is 0.971 bits per heavy atom. The molecule has 1 amide bonds. The van der Waals surface area contributed by atoms with Gasteiger partial charge in [0.2, 0.25) is 6.79 Å². The molecule has 0 bridgehead atoms. The molecule has 176 valence electrons. The van der Waals surface area contributed by atoms with Gasteiger partial charge < -0.3 is 19.1 Å². The van der Waals surface area contributed by atoms with E-state index < -0.39 is 0 Å². The SMILES string of the molecule is O=C(COc1cc(F)ccc1-c1ccccc1)N1CCC(CCc2ccc3c(c2)OCO3)CC1. The van der Waals surface area contributed by atoms with Crippen LogP contribution in [-0.2, 0) is 11.2 Å². The van der Waals surface area contributed by atoms with Gasteiger partial charge in [-0.25, -0.2) is 4.39 Å². The highest BCUT2D eigenvalue weighted by atomic mass is 19.1. The third kappa shape index (κ3) is 5.16. The zero-order valence-corrected chi connectivity index (χ0v) is 19.0. The van der Waals surface area contributed by atoms with E-state index in [1.165, 1.54) is 17.7 Å². The second kappa shape index (κ2) is 10.2. The maximum Gasteiger partial charge on any atom is 0.260 e. The van der Waals surface area contributed by atoms with Crippen LogP contribution in [0.4, 0.5) is 4.39 Å². The zero-order valence-electron chi connectivity index (χ0n) is 19.0. The minimum absolute atomic E-state index is 0.0579. The molecule has 2 aliphatic heterocycles. The first kappa shape index (κ1) is 22.3. The summed E-state index contributed by atoms with van der Waals surface area (Å²) in [7, 11) is 0. The number of hydrogen-bond acceptors (Lipinski definition) is 4. The average molecular weight is 462 g/mol. The van der Waals surface area contributed by atoms with Gasteiger partial charge in [-0.05, 0) is 67.0 Å². The van der Waals surface area contributed by atoms with Gasteiger partial charge in [-0.2, -0.15) is 0 Å². The number of fused-ring (bicyclic) bond motifs is 1. The maximum atomic E-state index is 13.9. The van der Waals surface area contributed by atoms with Gasteiger partial charge in [-0.1, -0.05) is 36.4 Å². The van der Waals surface area contributed by atoms with Crippen LogP contribution < -0.4 is 14.2 Å². The summed E-state index contributed by atoms with van der Waals surface area (Å²) in [5.41, 5.74) is 2.95. The third-order valence-corrected chi connectivity index (χ3v) is 6.63. The van der Waals surface area contributed by atoms with E-state index in [4.69, 9.17) is 14.2 Å². The van der Waals surface area contributed by atoms with Crippen LogP contribution in [0.2, 0.25) is 0 Å². The van der Waals surface area contributed by atoms with Gasteiger partial charge in [-0.15, -0.1) is 0 Å². The lowest BCUT2D eigenvalue weighted by Gasteiger charge is -2.32. The van der Waals surface area contributed by atoms with Crippen molar-refractivity contribution >= 4 is 5.91 Å². The van der Waals surface area contributed by atoms with Crippen LogP contribution in [0.1, 0.15) is 24.8 Å². The number of carbonyl (C=O) groups is 1. The molecule has 0 saturated carbocycles. The van der Waals surface area contributed by atoms with Crippen molar-refractivity contribution in [2.75, 3.05) is 26.5 Å². The van der Waals surface area contributed by atoms with E-state index in [1.807, 2.05) is 41.3 Å². The summed E-state index contributed by atoms with van der Waals surface area (Å²) >= 11 is 0. The van der Waals surface area contributed by atoms with Crippen molar-refractivity contribution in [1.29, 1.82) is 0 Å². The molecule has 1 saturated heterocycles. The Morgan fingerprint density at radius 2 is 1.76 bits per heavy atom. The summed E-state index contributed by atoms with van der Waals surface area (Å²) in [5, 5.41) is 0. The van der Waals surface area contributed by atoms with Gasteiger partial charge in [0.25, 0.3) is 5.91 Å². The molecule has 5 rings (SSSR count). The largest absolute Gasteiger partial charge is 0.483 e. The fourth-order valence-corrected chi connectivity index (χ4v) is 4.64. The molecule has 6 heteroatoms. The average Bonchev–Trinajstić information content (AvgIpc) is 3.35. The van der Waals surface area contributed by atoms with Crippen molar-refractivity contribution in [2.24, 2.45) is 5.92 Å². The van der Waals surface area contributed by atoms with E-state index in [9.17, 15) is 9.18 Å². The molecule has 3 aromatic rings. The molecule has 34 heavy (non-hydrogen) atoms. The number of amides is 1. The minimum atomic E-state index is -0.384. The first-order chi connectivity index (χ1) is 16.7. The predicted molar refractivity (Wildman–Crippen MR) is 128 cm³/mol. The molecule has 2 heterocycles. The number of hydrogen-bond donors (Lipinski definition) is 0. The second-order valence-electron chi connectivity index (χ2n) is 8.85. The first-order valence-corrected chi connectivity index (χ1v) is 11.8. The van der Waals surface area contributed by atoms with E-state index in [0.717, 1.165) is 61.4 Å². The van der Waals surface area contributed by atoms with Crippen molar-refractivity contribution < 1.29 is 23.4 Å². The van der Waals surface area contributed by atoms with Gasteiger partial charge in [0.05, 0.1) is 0 Å². The highest BCUT2D eigenvalue weighted by Gasteiger charge is 2.23. The van der Waals surface area contributed by atoms with Crippen LogP contribution in [0, 0.1) is 11.7 Å². The lowest BCUT2D eigenvalue weighted by Crippen LogP contribution is -2.41. The summed E-state index contributed by atoms with van der Waals surface area (Å²) in [5.74, 6) is 2.17. The molecule has 1 fully saturated rings. The quantitative estimate of drug-likeness (QED) is 0.468. The van der Waals surface area contributed by atoms with Gasteiger partial charge in [0.1, 0.15) is 11.6 Å². The predicted octanol–water partition coefficient (Wildman–Crippen LogP) is 5.47. The molecule has 5 nitrogen and oxygen atoms in total. The number of aryl methyl sites for hydroxylation is 1. The molecule has 0 spiro atoms. The van der Waals surface area contributed by atoms with Crippen molar-refractivity contribution in [3.8, 4) is 28.4 Å². The number of nitrogens with zero attached hydrogens (tertiary/aromatic N) is 1. The van der Waals surface area contributed by atoms with E-state index in [1.54, 1.807) is 6.07 Å². The highest BCUT2D eigenvalue weighted by molar-refractivity contribution is 5.78. The summed E-state index contributed by atoms with van der Waals surface area (Å²) < 4.78 is 30.5. The lowest BCUT2D eigenvalue weighted by atomic mass is 9.90. The molecule has 2 aliphatic rings. The van der Waals surface area contributed by atoms with E-state index in [-0.39, 0.29) is 18.3 Å². The maximum absolute atomic E-state index is 13.9. The van der Waals surface area contributed by atoms with Crippen LogP contribution in [-0.4, -0.2) is 37.3 Å². The highest BCUT2D eigenvalue weighted by Crippen LogP contribution is 2.34. The van der Waals surface area contributed by atoms with Crippen molar-refractivity contribution in [1.82, 2.24) is 4.90 Å². The fourth-order valence-electron chi connectivity index (χ4n) is 4.64. The van der Waals surface area contributed by atoms with Crippen LogP contribution in [0.5, 0.6) is 17.2 Å². The Bertz CT molecular complexity index is 1140. The number of halogens is 1. The Balaban J connectivity index is 1.11. The molecule has 0 aliphatic carbocycles. The van der Waals surface area contributed by atoms with Crippen LogP contribution in [0.3, 0.4) is 0 Å². The second-order valence-corrected chi connectivity index (χ2v) is 8.85. The topological polar surface area (TPSA) is 48.0 Å². The molecule has 0 N–H and O–H groups in total. The molecule has 0 atom stereocenters. The first-order valence-electron chi connectivity index (χ1n) is 11.8. The molecular weight excluding hydrogens is 433 g/mol. The van der Waals surface area contributed by atoms with E-state index >= 15 is 0 Å². The van der Waals surface area contributed by atoms with E-state index in [0.29, 0.717) is 18.5 Å². The molecule has 0 radical (unpaired) electrons. The number of rotatable bonds is 7. The Hall–Kier alpha value is -3.54. The van der Waals surface area contributed by atoms with Crippen molar-refractivity contribution in [2.45, 2.75) is 25.7 Å². The zero-order chi connectivity index (χ0) is 23.3. The number of likely N-dealkylation sites (tertiary alicyclic amines) is 1. The monoisotopic (exact) mass is 461 g/mol. The molecule has 0 unspecified atom stereocenters.